The third kappa shape index (κ3) is 3.89. The molecule has 0 aliphatic carbocycles. The van der Waals surface area contributed by atoms with Crippen LogP contribution in [0.2, 0.25) is 0 Å². The van der Waals surface area contributed by atoms with E-state index in [0.29, 0.717) is 12.0 Å². The lowest BCUT2D eigenvalue weighted by molar-refractivity contribution is 0.481. The molecule has 0 saturated heterocycles. The van der Waals surface area contributed by atoms with Gasteiger partial charge in [0.05, 0.1) is 0 Å². The molecular formula is C13H19F2N. The SMILES string of the molecule is CCCNC(CC)Cc1ccc(F)cc1F. The van der Waals surface area contributed by atoms with Crippen molar-refractivity contribution in [2.24, 2.45) is 0 Å². The Morgan fingerprint density at radius 3 is 2.56 bits per heavy atom. The van der Waals surface area contributed by atoms with Crippen LogP contribution in [0.3, 0.4) is 0 Å². The minimum Gasteiger partial charge on any atom is -0.314 e. The summed E-state index contributed by atoms with van der Waals surface area (Å²) < 4.78 is 26.1. The molecular weight excluding hydrogens is 208 g/mol. The van der Waals surface area contributed by atoms with Crippen LogP contribution in [0.25, 0.3) is 0 Å². The highest BCUT2D eigenvalue weighted by Crippen LogP contribution is 2.12. The van der Waals surface area contributed by atoms with Gasteiger partial charge in [-0.1, -0.05) is 19.9 Å². The Labute approximate surface area is 95.9 Å². The van der Waals surface area contributed by atoms with Crippen molar-refractivity contribution in [3.63, 3.8) is 0 Å². The molecule has 0 spiro atoms. The smallest absolute Gasteiger partial charge is 0.129 e. The molecule has 0 heterocycles. The third-order valence-corrected chi connectivity index (χ3v) is 2.66. The van der Waals surface area contributed by atoms with Gasteiger partial charge in [-0.3, -0.25) is 0 Å². The minimum atomic E-state index is -0.518. The molecule has 0 aliphatic rings. The largest absolute Gasteiger partial charge is 0.314 e. The van der Waals surface area contributed by atoms with Crippen LogP contribution in [0.15, 0.2) is 18.2 Å². The maximum atomic E-state index is 13.4. The van der Waals surface area contributed by atoms with Crippen LogP contribution in [0, 0.1) is 11.6 Å². The highest BCUT2D eigenvalue weighted by molar-refractivity contribution is 5.19. The van der Waals surface area contributed by atoms with E-state index >= 15 is 0 Å². The van der Waals surface area contributed by atoms with Crippen LogP contribution in [0.5, 0.6) is 0 Å². The van der Waals surface area contributed by atoms with Crippen molar-refractivity contribution in [2.75, 3.05) is 6.54 Å². The Hall–Kier alpha value is -0.960. The Morgan fingerprint density at radius 1 is 1.25 bits per heavy atom. The van der Waals surface area contributed by atoms with E-state index in [9.17, 15) is 8.78 Å². The van der Waals surface area contributed by atoms with Gasteiger partial charge in [-0.25, -0.2) is 8.78 Å². The summed E-state index contributed by atoms with van der Waals surface area (Å²) in [6.45, 7) is 5.09. The molecule has 1 nitrogen and oxygen atoms in total. The number of halogens is 2. The Kier molecular flexibility index (Phi) is 5.39. The van der Waals surface area contributed by atoms with Gasteiger partial charge in [0, 0.05) is 12.1 Å². The topological polar surface area (TPSA) is 12.0 Å². The van der Waals surface area contributed by atoms with E-state index in [4.69, 9.17) is 0 Å². The van der Waals surface area contributed by atoms with Gasteiger partial charge < -0.3 is 5.32 Å². The molecule has 0 aromatic heterocycles. The van der Waals surface area contributed by atoms with E-state index < -0.39 is 11.6 Å². The lowest BCUT2D eigenvalue weighted by Gasteiger charge is -2.16. The van der Waals surface area contributed by atoms with Crippen molar-refractivity contribution in [3.05, 3.63) is 35.4 Å². The zero-order valence-electron chi connectivity index (χ0n) is 9.89. The summed E-state index contributed by atoms with van der Waals surface area (Å²) in [4.78, 5) is 0. The number of rotatable bonds is 6. The maximum absolute atomic E-state index is 13.4. The van der Waals surface area contributed by atoms with E-state index in [1.807, 2.05) is 0 Å². The second-order valence-corrected chi connectivity index (χ2v) is 4.00. The first-order valence-corrected chi connectivity index (χ1v) is 5.84. The summed E-state index contributed by atoms with van der Waals surface area (Å²) in [6.07, 6.45) is 2.61. The molecule has 1 unspecified atom stereocenters. The molecule has 0 aliphatic heterocycles. The summed E-state index contributed by atoms with van der Waals surface area (Å²) >= 11 is 0. The molecule has 1 atom stereocenters. The van der Waals surface area contributed by atoms with Crippen LogP contribution < -0.4 is 5.32 Å². The van der Waals surface area contributed by atoms with Crippen molar-refractivity contribution in [2.45, 2.75) is 39.2 Å². The zero-order valence-corrected chi connectivity index (χ0v) is 9.89. The second kappa shape index (κ2) is 6.59. The Morgan fingerprint density at radius 2 is 2.00 bits per heavy atom. The molecule has 0 bridgehead atoms. The number of nitrogens with one attached hydrogen (secondary N) is 1. The average Bonchev–Trinajstić information content (AvgIpc) is 2.27. The molecule has 0 amide bonds. The van der Waals surface area contributed by atoms with Gasteiger partial charge in [0.15, 0.2) is 0 Å². The molecule has 90 valence electrons. The molecule has 0 fully saturated rings. The van der Waals surface area contributed by atoms with Gasteiger partial charge in [0.25, 0.3) is 0 Å². The quantitative estimate of drug-likeness (QED) is 0.786. The lowest BCUT2D eigenvalue weighted by atomic mass is 10.0. The summed E-state index contributed by atoms with van der Waals surface area (Å²) in [6, 6.07) is 4.05. The van der Waals surface area contributed by atoms with E-state index in [1.165, 1.54) is 12.1 Å². The van der Waals surface area contributed by atoms with Crippen LogP contribution >= 0.6 is 0 Å². The van der Waals surface area contributed by atoms with Crippen molar-refractivity contribution >= 4 is 0 Å². The standard InChI is InChI=1S/C13H19F2N/c1-3-7-16-12(4-2)8-10-5-6-11(14)9-13(10)15/h5-6,9,12,16H,3-4,7-8H2,1-2H3. The summed E-state index contributed by atoms with van der Waals surface area (Å²) in [5, 5.41) is 3.35. The molecule has 1 rings (SSSR count). The Balaban J connectivity index is 2.62. The van der Waals surface area contributed by atoms with E-state index in [-0.39, 0.29) is 6.04 Å². The fourth-order valence-electron chi connectivity index (χ4n) is 1.66. The monoisotopic (exact) mass is 227 g/mol. The molecule has 0 saturated carbocycles. The lowest BCUT2D eigenvalue weighted by Crippen LogP contribution is -2.31. The number of hydrogen-bond donors (Lipinski definition) is 1. The van der Waals surface area contributed by atoms with Crippen LogP contribution in [-0.2, 0) is 6.42 Å². The Bertz CT molecular complexity index is 326. The van der Waals surface area contributed by atoms with Crippen molar-refractivity contribution in [1.29, 1.82) is 0 Å². The van der Waals surface area contributed by atoms with Gasteiger partial charge in [0.1, 0.15) is 11.6 Å². The van der Waals surface area contributed by atoms with Gasteiger partial charge in [-0.05, 0) is 37.4 Å². The summed E-state index contributed by atoms with van der Waals surface area (Å²) in [5.74, 6) is -0.965. The zero-order chi connectivity index (χ0) is 12.0. The number of benzene rings is 1. The molecule has 0 radical (unpaired) electrons. The second-order valence-electron chi connectivity index (χ2n) is 4.00. The van der Waals surface area contributed by atoms with Gasteiger partial charge in [-0.15, -0.1) is 0 Å². The normalized spacial score (nSPS) is 12.8. The third-order valence-electron chi connectivity index (χ3n) is 2.66. The first-order valence-electron chi connectivity index (χ1n) is 5.84. The maximum Gasteiger partial charge on any atom is 0.129 e. The molecule has 1 N–H and O–H groups in total. The minimum absolute atomic E-state index is 0.264. The van der Waals surface area contributed by atoms with Gasteiger partial charge >= 0.3 is 0 Å². The predicted octanol–water partition coefficient (Wildman–Crippen LogP) is 3.29. The average molecular weight is 227 g/mol. The predicted molar refractivity (Wildman–Crippen MR) is 62.4 cm³/mol. The highest BCUT2D eigenvalue weighted by atomic mass is 19.1. The molecule has 3 heteroatoms. The van der Waals surface area contributed by atoms with Gasteiger partial charge in [-0.2, -0.15) is 0 Å². The van der Waals surface area contributed by atoms with E-state index in [1.54, 1.807) is 0 Å². The van der Waals surface area contributed by atoms with Crippen molar-refractivity contribution in [3.8, 4) is 0 Å². The van der Waals surface area contributed by atoms with Crippen molar-refractivity contribution in [1.82, 2.24) is 5.32 Å². The summed E-state index contributed by atoms with van der Waals surface area (Å²) in [5.41, 5.74) is 0.580. The van der Waals surface area contributed by atoms with Crippen LogP contribution in [0.1, 0.15) is 32.3 Å². The fraction of sp³-hybridized carbons (Fsp3) is 0.538. The van der Waals surface area contributed by atoms with E-state index in [0.717, 1.165) is 25.5 Å². The van der Waals surface area contributed by atoms with Crippen molar-refractivity contribution < 1.29 is 8.78 Å². The van der Waals surface area contributed by atoms with Gasteiger partial charge in [0.2, 0.25) is 0 Å². The van der Waals surface area contributed by atoms with Crippen LogP contribution in [0.4, 0.5) is 8.78 Å². The number of hydrogen-bond acceptors (Lipinski definition) is 1. The molecule has 1 aromatic carbocycles. The molecule has 16 heavy (non-hydrogen) atoms. The first kappa shape index (κ1) is 13.1. The first-order chi connectivity index (χ1) is 7.67. The molecule has 1 aromatic rings. The summed E-state index contributed by atoms with van der Waals surface area (Å²) in [7, 11) is 0. The highest BCUT2D eigenvalue weighted by Gasteiger charge is 2.10. The van der Waals surface area contributed by atoms with E-state index in [2.05, 4.69) is 19.2 Å². The van der Waals surface area contributed by atoms with Crippen LogP contribution in [-0.4, -0.2) is 12.6 Å². The fourth-order valence-corrected chi connectivity index (χ4v) is 1.66.